The number of pyridine rings is 1. The Labute approximate surface area is 116 Å². The molecule has 1 aromatic heterocycles. The van der Waals surface area contributed by atoms with Gasteiger partial charge in [-0.15, -0.1) is 0 Å². The van der Waals surface area contributed by atoms with Crippen molar-refractivity contribution in [2.75, 3.05) is 5.32 Å². The first-order chi connectivity index (χ1) is 8.56. The van der Waals surface area contributed by atoms with Crippen molar-refractivity contribution < 1.29 is 0 Å². The average Bonchev–Trinajstić information content (AvgIpc) is 2.31. The van der Waals surface area contributed by atoms with Gasteiger partial charge in [0, 0.05) is 11.3 Å². The summed E-state index contributed by atoms with van der Waals surface area (Å²) in [7, 11) is 0. The Balaban J connectivity index is 2.35. The molecule has 0 fully saturated rings. The van der Waals surface area contributed by atoms with Crippen molar-refractivity contribution in [1.82, 2.24) is 4.98 Å². The van der Waals surface area contributed by atoms with E-state index >= 15 is 0 Å². The maximum absolute atomic E-state index is 6.08. The Morgan fingerprint density at radius 1 is 1.33 bits per heavy atom. The molecule has 0 saturated carbocycles. The number of para-hydroxylation sites is 1. The third-order valence-electron chi connectivity index (χ3n) is 2.37. The Morgan fingerprint density at radius 2 is 2.06 bits per heavy atom. The molecule has 18 heavy (non-hydrogen) atoms. The van der Waals surface area contributed by atoms with E-state index < -0.39 is 0 Å². The molecule has 1 heterocycles. The number of aryl methyl sites for hydroxylation is 1. The third-order valence-corrected chi connectivity index (χ3v) is 2.94. The molecule has 0 aliphatic heterocycles. The van der Waals surface area contributed by atoms with E-state index in [1.54, 1.807) is 6.07 Å². The number of halogens is 1. The number of nitrogens with two attached hydrogens (primary N) is 1. The van der Waals surface area contributed by atoms with Crippen LogP contribution in [-0.2, 0) is 0 Å². The summed E-state index contributed by atoms with van der Waals surface area (Å²) in [5, 5.41) is 3.79. The summed E-state index contributed by atoms with van der Waals surface area (Å²) >= 11 is 11.0. The summed E-state index contributed by atoms with van der Waals surface area (Å²) < 4.78 is 0. The lowest BCUT2D eigenvalue weighted by Crippen LogP contribution is -2.10. The van der Waals surface area contributed by atoms with Crippen LogP contribution in [0, 0.1) is 6.92 Å². The smallest absolute Gasteiger partial charge is 0.131 e. The van der Waals surface area contributed by atoms with Crippen LogP contribution in [0.15, 0.2) is 36.4 Å². The van der Waals surface area contributed by atoms with Gasteiger partial charge in [0.2, 0.25) is 0 Å². The Hall–Kier alpha value is -1.65. The Kier molecular flexibility index (Phi) is 3.79. The Bertz CT molecular complexity index is 599. The molecule has 0 atom stereocenters. The van der Waals surface area contributed by atoms with Gasteiger partial charge in [-0.05, 0) is 31.2 Å². The van der Waals surface area contributed by atoms with E-state index in [4.69, 9.17) is 29.6 Å². The molecule has 5 heteroatoms. The van der Waals surface area contributed by atoms with Crippen LogP contribution in [0.3, 0.4) is 0 Å². The van der Waals surface area contributed by atoms with E-state index in [1.807, 2.05) is 37.3 Å². The number of nitrogens with zero attached hydrogens (tertiary/aromatic N) is 1. The summed E-state index contributed by atoms with van der Waals surface area (Å²) in [6.07, 6.45) is 0. The van der Waals surface area contributed by atoms with Crippen molar-refractivity contribution in [2.45, 2.75) is 6.92 Å². The van der Waals surface area contributed by atoms with Crippen molar-refractivity contribution in [1.29, 1.82) is 0 Å². The fourth-order valence-electron chi connectivity index (χ4n) is 1.58. The SMILES string of the molecule is Cc1cc(C(N)=S)cc(Nc2ccccc2Cl)n1. The first kappa shape index (κ1) is 12.8. The number of thiocarbonyl (C=S) groups is 1. The largest absolute Gasteiger partial charge is 0.389 e. The van der Waals surface area contributed by atoms with Gasteiger partial charge < -0.3 is 11.1 Å². The summed E-state index contributed by atoms with van der Waals surface area (Å²) in [5.41, 5.74) is 8.05. The Morgan fingerprint density at radius 3 is 2.72 bits per heavy atom. The van der Waals surface area contributed by atoms with Crippen LogP contribution in [0.25, 0.3) is 0 Å². The fraction of sp³-hybridized carbons (Fsp3) is 0.0769. The van der Waals surface area contributed by atoms with Crippen molar-refractivity contribution in [3.05, 3.63) is 52.7 Å². The quantitative estimate of drug-likeness (QED) is 0.844. The molecule has 2 aromatic rings. The van der Waals surface area contributed by atoms with Crippen LogP contribution in [0.2, 0.25) is 5.02 Å². The highest BCUT2D eigenvalue weighted by atomic mass is 35.5. The molecule has 0 saturated heterocycles. The van der Waals surface area contributed by atoms with Gasteiger partial charge in [0.05, 0.1) is 10.7 Å². The second kappa shape index (κ2) is 5.33. The molecular weight excluding hydrogens is 266 g/mol. The number of anilines is 2. The molecule has 0 amide bonds. The first-order valence-corrected chi connectivity index (χ1v) is 6.15. The maximum atomic E-state index is 6.08. The van der Waals surface area contributed by atoms with Crippen LogP contribution < -0.4 is 11.1 Å². The summed E-state index contributed by atoms with van der Waals surface area (Å²) in [6, 6.07) is 11.1. The van der Waals surface area contributed by atoms with E-state index in [-0.39, 0.29) is 0 Å². The number of rotatable bonds is 3. The minimum atomic E-state index is 0.350. The number of hydrogen-bond donors (Lipinski definition) is 2. The van der Waals surface area contributed by atoms with Crippen LogP contribution in [0.4, 0.5) is 11.5 Å². The van der Waals surface area contributed by atoms with Crippen LogP contribution in [0.5, 0.6) is 0 Å². The molecule has 92 valence electrons. The number of aromatic nitrogens is 1. The predicted octanol–water partition coefficient (Wildman–Crippen LogP) is 3.42. The maximum Gasteiger partial charge on any atom is 0.131 e. The number of nitrogens with one attached hydrogen (secondary N) is 1. The normalized spacial score (nSPS) is 10.1. The fourth-order valence-corrected chi connectivity index (χ4v) is 1.88. The second-order valence-corrected chi connectivity index (χ2v) is 4.70. The van der Waals surface area contributed by atoms with Crippen LogP contribution in [0.1, 0.15) is 11.3 Å². The predicted molar refractivity (Wildman–Crippen MR) is 79.6 cm³/mol. The van der Waals surface area contributed by atoms with Crippen LogP contribution in [-0.4, -0.2) is 9.97 Å². The molecule has 3 N–H and O–H groups in total. The second-order valence-electron chi connectivity index (χ2n) is 3.85. The zero-order valence-corrected chi connectivity index (χ0v) is 11.3. The lowest BCUT2D eigenvalue weighted by Gasteiger charge is -2.09. The van der Waals surface area contributed by atoms with Gasteiger partial charge in [-0.2, -0.15) is 0 Å². The minimum absolute atomic E-state index is 0.350. The summed E-state index contributed by atoms with van der Waals surface area (Å²) in [4.78, 5) is 4.72. The molecular formula is C13H12ClN3S. The molecule has 0 unspecified atom stereocenters. The van der Waals surface area contributed by atoms with Gasteiger partial charge in [-0.25, -0.2) is 4.98 Å². The van der Waals surface area contributed by atoms with E-state index in [0.717, 1.165) is 16.9 Å². The molecule has 0 radical (unpaired) electrons. The highest BCUT2D eigenvalue weighted by Gasteiger charge is 2.04. The van der Waals surface area contributed by atoms with Crippen molar-refractivity contribution in [2.24, 2.45) is 5.73 Å². The van der Waals surface area contributed by atoms with Gasteiger partial charge in [0.15, 0.2) is 0 Å². The minimum Gasteiger partial charge on any atom is -0.389 e. The lowest BCUT2D eigenvalue weighted by atomic mass is 10.2. The highest BCUT2D eigenvalue weighted by molar-refractivity contribution is 7.80. The first-order valence-electron chi connectivity index (χ1n) is 5.36. The molecule has 1 aromatic carbocycles. The molecule has 0 spiro atoms. The monoisotopic (exact) mass is 277 g/mol. The standard InChI is InChI=1S/C13H12ClN3S/c1-8-6-9(13(15)18)7-12(16-8)17-11-5-3-2-4-10(11)14/h2-7H,1H3,(H2,15,18)(H,16,17). The summed E-state index contributed by atoms with van der Waals surface area (Å²) in [5.74, 6) is 0.672. The molecule has 2 rings (SSSR count). The zero-order chi connectivity index (χ0) is 13.1. The average molecular weight is 278 g/mol. The lowest BCUT2D eigenvalue weighted by molar-refractivity contribution is 1.19. The van der Waals surface area contributed by atoms with E-state index in [0.29, 0.717) is 15.8 Å². The molecule has 0 aliphatic carbocycles. The highest BCUT2D eigenvalue weighted by Crippen LogP contribution is 2.24. The van der Waals surface area contributed by atoms with Crippen molar-refractivity contribution in [3.63, 3.8) is 0 Å². The summed E-state index contributed by atoms with van der Waals surface area (Å²) in [6.45, 7) is 1.89. The van der Waals surface area contributed by atoms with E-state index in [9.17, 15) is 0 Å². The van der Waals surface area contributed by atoms with Gasteiger partial charge in [-0.3, -0.25) is 0 Å². The van der Waals surface area contributed by atoms with Gasteiger partial charge in [0.1, 0.15) is 10.8 Å². The van der Waals surface area contributed by atoms with E-state index in [1.165, 1.54) is 0 Å². The molecule has 3 nitrogen and oxygen atoms in total. The number of hydrogen-bond acceptors (Lipinski definition) is 3. The van der Waals surface area contributed by atoms with Gasteiger partial charge in [0.25, 0.3) is 0 Å². The van der Waals surface area contributed by atoms with Crippen molar-refractivity contribution >= 4 is 40.3 Å². The zero-order valence-electron chi connectivity index (χ0n) is 9.77. The van der Waals surface area contributed by atoms with Gasteiger partial charge in [-0.1, -0.05) is 36.0 Å². The molecule has 0 aliphatic rings. The van der Waals surface area contributed by atoms with Crippen LogP contribution >= 0.6 is 23.8 Å². The van der Waals surface area contributed by atoms with E-state index in [2.05, 4.69) is 10.3 Å². The number of benzene rings is 1. The molecule has 0 bridgehead atoms. The topological polar surface area (TPSA) is 50.9 Å². The third kappa shape index (κ3) is 2.97. The van der Waals surface area contributed by atoms with Gasteiger partial charge >= 0.3 is 0 Å². The van der Waals surface area contributed by atoms with Crippen molar-refractivity contribution in [3.8, 4) is 0 Å².